The predicted octanol–water partition coefficient (Wildman–Crippen LogP) is 1.40. The third kappa shape index (κ3) is 0.997. The van der Waals surface area contributed by atoms with Crippen LogP contribution >= 0.6 is 0 Å². The van der Waals surface area contributed by atoms with E-state index in [4.69, 9.17) is 0 Å². The van der Waals surface area contributed by atoms with Crippen molar-refractivity contribution in [2.75, 3.05) is 0 Å². The highest BCUT2D eigenvalue weighted by atomic mass is 16.4. The Morgan fingerprint density at radius 1 is 1.75 bits per heavy atom. The molecular weight excluding hydrogens is 100 g/mol. The topological polar surface area (TPSA) is 11.3 Å². The first-order valence-corrected chi connectivity index (χ1v) is 2.55. The Hall–Kier alpha value is -0.980. The van der Waals surface area contributed by atoms with Crippen LogP contribution in [0.3, 0.4) is 0 Å². The van der Waals surface area contributed by atoms with E-state index >= 15 is 0 Å². The second kappa shape index (κ2) is 2.36. The lowest BCUT2D eigenvalue weighted by molar-refractivity contribution is -0.380. The first-order chi connectivity index (χ1) is 3.93. The van der Waals surface area contributed by atoms with Gasteiger partial charge in [-0.25, -0.2) is 6.42 Å². The van der Waals surface area contributed by atoms with Crippen LogP contribution in [-0.2, 0) is 4.42 Å². The van der Waals surface area contributed by atoms with Crippen molar-refractivity contribution >= 4 is 6.79 Å². The van der Waals surface area contributed by atoms with Gasteiger partial charge in [0.05, 0.1) is 0 Å². The fourth-order valence-electron chi connectivity index (χ4n) is 0.599. The molecule has 0 aromatic rings. The van der Waals surface area contributed by atoms with Crippen molar-refractivity contribution in [3.8, 4) is 0 Å². The molecule has 8 heavy (non-hydrogen) atoms. The molecule has 1 rings (SSSR count). The van der Waals surface area contributed by atoms with Crippen LogP contribution in [0.5, 0.6) is 0 Å². The normalized spacial score (nSPS) is 16.8. The number of hydrogen-bond donors (Lipinski definition) is 0. The second-order valence-electron chi connectivity index (χ2n) is 1.59. The molecular formula is C7H8O. The van der Waals surface area contributed by atoms with E-state index in [0.29, 0.717) is 0 Å². The van der Waals surface area contributed by atoms with Crippen molar-refractivity contribution in [2.45, 2.75) is 6.42 Å². The average molecular weight is 108 g/mol. The van der Waals surface area contributed by atoms with Gasteiger partial charge >= 0.3 is 0 Å². The summed E-state index contributed by atoms with van der Waals surface area (Å²) in [4.78, 5) is 0. The SMILES string of the molecule is C=[O+]C1=C[CH-]CC=C1. The van der Waals surface area contributed by atoms with Gasteiger partial charge in [0.2, 0.25) is 5.76 Å². The molecule has 0 amide bonds. The molecule has 42 valence electrons. The highest BCUT2D eigenvalue weighted by molar-refractivity contribution is 5.23. The molecule has 0 saturated heterocycles. The zero-order chi connectivity index (χ0) is 5.82. The number of carbonyl (C=O) groups excluding carboxylic acids is 1. The summed E-state index contributed by atoms with van der Waals surface area (Å²) in [6, 6.07) is 0. The van der Waals surface area contributed by atoms with E-state index in [2.05, 4.69) is 11.2 Å². The third-order valence-corrected chi connectivity index (χ3v) is 1.00. The van der Waals surface area contributed by atoms with Gasteiger partial charge in [0, 0.05) is 0 Å². The van der Waals surface area contributed by atoms with Gasteiger partial charge in [0.15, 0.2) is 0 Å². The van der Waals surface area contributed by atoms with E-state index in [1.165, 1.54) is 0 Å². The van der Waals surface area contributed by atoms with Crippen LogP contribution in [0.2, 0.25) is 0 Å². The standard InChI is InChI=1S/C7H8O/c1-8-7-5-3-2-4-6-7/h3-6H,1-2H2. The smallest absolute Gasteiger partial charge is 0.258 e. The largest absolute Gasteiger partial charge is 0.311 e. The minimum Gasteiger partial charge on any atom is -0.311 e. The lowest BCUT2D eigenvalue weighted by Gasteiger charge is -2.00. The monoisotopic (exact) mass is 108 g/mol. The van der Waals surface area contributed by atoms with Gasteiger partial charge in [0.1, 0.15) is 0 Å². The number of rotatable bonds is 1. The average Bonchev–Trinajstić information content (AvgIpc) is 1.90. The van der Waals surface area contributed by atoms with Crippen molar-refractivity contribution in [1.82, 2.24) is 0 Å². The Balaban J connectivity index is 2.64. The summed E-state index contributed by atoms with van der Waals surface area (Å²) in [5.74, 6) is 0.830. The van der Waals surface area contributed by atoms with Gasteiger partial charge < -0.3 is 4.42 Å². The van der Waals surface area contributed by atoms with Crippen molar-refractivity contribution in [3.63, 3.8) is 0 Å². The van der Waals surface area contributed by atoms with Gasteiger partial charge in [-0.3, -0.25) is 0 Å². The number of allylic oxidation sites excluding steroid dienone is 3. The zero-order valence-electron chi connectivity index (χ0n) is 4.63. The fourth-order valence-corrected chi connectivity index (χ4v) is 0.599. The Morgan fingerprint density at radius 2 is 2.62 bits per heavy atom. The molecule has 0 aromatic carbocycles. The minimum absolute atomic E-state index is 0.830. The molecule has 1 heteroatoms. The zero-order valence-corrected chi connectivity index (χ0v) is 4.63. The summed E-state index contributed by atoms with van der Waals surface area (Å²) in [6.45, 7) is 3.27. The first-order valence-electron chi connectivity index (χ1n) is 2.55. The molecule has 0 bridgehead atoms. The molecule has 0 radical (unpaired) electrons. The maximum absolute atomic E-state index is 4.68. The molecule has 0 saturated carbocycles. The molecule has 0 spiro atoms. The molecule has 1 aliphatic carbocycles. The fraction of sp³-hybridized carbons (Fsp3) is 0.143. The summed E-state index contributed by atoms with van der Waals surface area (Å²) in [5, 5.41) is 0. The van der Waals surface area contributed by atoms with Crippen LogP contribution in [-0.4, -0.2) is 6.79 Å². The van der Waals surface area contributed by atoms with Crippen molar-refractivity contribution < 1.29 is 4.42 Å². The Morgan fingerprint density at radius 3 is 3.00 bits per heavy atom. The lowest BCUT2D eigenvalue weighted by atomic mass is 10.2. The van der Waals surface area contributed by atoms with E-state index in [1.807, 2.05) is 24.6 Å². The number of hydrogen-bond acceptors (Lipinski definition) is 0. The molecule has 0 N–H and O–H groups in total. The molecule has 0 unspecified atom stereocenters. The molecule has 0 heterocycles. The van der Waals surface area contributed by atoms with Crippen LogP contribution < -0.4 is 0 Å². The van der Waals surface area contributed by atoms with E-state index < -0.39 is 0 Å². The quantitative estimate of drug-likeness (QED) is 0.355. The highest BCUT2D eigenvalue weighted by Crippen LogP contribution is 2.05. The van der Waals surface area contributed by atoms with Crippen LogP contribution in [0.25, 0.3) is 0 Å². The molecule has 1 aliphatic rings. The van der Waals surface area contributed by atoms with Crippen molar-refractivity contribution in [1.29, 1.82) is 0 Å². The Bertz CT molecular complexity index is 142. The Labute approximate surface area is 49.0 Å². The summed E-state index contributed by atoms with van der Waals surface area (Å²) in [6.07, 6.45) is 8.88. The second-order valence-corrected chi connectivity index (χ2v) is 1.59. The van der Waals surface area contributed by atoms with Gasteiger partial charge in [-0.15, -0.1) is 12.2 Å². The maximum Gasteiger partial charge on any atom is 0.258 e. The third-order valence-electron chi connectivity index (χ3n) is 1.00. The van der Waals surface area contributed by atoms with Gasteiger partial charge in [0.25, 0.3) is 6.79 Å². The van der Waals surface area contributed by atoms with Gasteiger partial charge in [-0.05, 0) is 6.08 Å². The summed E-state index contributed by atoms with van der Waals surface area (Å²) in [7, 11) is 0. The van der Waals surface area contributed by atoms with Crippen LogP contribution in [0.1, 0.15) is 6.42 Å². The molecule has 0 aromatic heterocycles. The van der Waals surface area contributed by atoms with Crippen LogP contribution in [0.4, 0.5) is 0 Å². The molecule has 1 nitrogen and oxygen atoms in total. The first kappa shape index (κ1) is 5.16. The van der Waals surface area contributed by atoms with E-state index in [-0.39, 0.29) is 0 Å². The molecule has 0 aliphatic heterocycles. The van der Waals surface area contributed by atoms with E-state index in [9.17, 15) is 0 Å². The van der Waals surface area contributed by atoms with Gasteiger partial charge in [-0.2, -0.15) is 0 Å². The Kier molecular flexibility index (Phi) is 1.52. The summed E-state index contributed by atoms with van der Waals surface area (Å²) < 4.78 is 4.68. The molecule has 0 atom stereocenters. The summed E-state index contributed by atoms with van der Waals surface area (Å²) >= 11 is 0. The van der Waals surface area contributed by atoms with Crippen LogP contribution in [0.15, 0.2) is 24.0 Å². The van der Waals surface area contributed by atoms with Gasteiger partial charge in [-0.1, -0.05) is 6.42 Å². The summed E-state index contributed by atoms with van der Waals surface area (Å²) in [5.41, 5.74) is 0. The lowest BCUT2D eigenvalue weighted by Crippen LogP contribution is -1.82. The molecule has 0 fully saturated rings. The minimum atomic E-state index is 0.830. The van der Waals surface area contributed by atoms with E-state index in [1.54, 1.807) is 0 Å². The van der Waals surface area contributed by atoms with E-state index in [0.717, 1.165) is 12.2 Å². The predicted molar refractivity (Wildman–Crippen MR) is 33.3 cm³/mol. The van der Waals surface area contributed by atoms with Crippen molar-refractivity contribution in [3.05, 3.63) is 30.4 Å². The maximum atomic E-state index is 4.68. The highest BCUT2D eigenvalue weighted by Gasteiger charge is 1.89. The van der Waals surface area contributed by atoms with Crippen LogP contribution in [0, 0.1) is 6.42 Å². The van der Waals surface area contributed by atoms with Crippen molar-refractivity contribution in [2.24, 2.45) is 0 Å².